The van der Waals surface area contributed by atoms with E-state index in [4.69, 9.17) is 33.9 Å². The Bertz CT molecular complexity index is 555. The SMILES string of the molecule is N=C/C(=C\NC1CC1)Nc1nc(N)c(C(=N)Cl)c(N)n1. The second-order valence-electron chi connectivity index (χ2n) is 4.32. The van der Waals surface area contributed by atoms with E-state index in [-0.39, 0.29) is 28.3 Å². The third kappa shape index (κ3) is 3.35. The lowest BCUT2D eigenvalue weighted by Crippen LogP contribution is -2.15. The molecule has 1 aromatic rings. The number of hydrogen-bond donors (Lipinski definition) is 6. The van der Waals surface area contributed by atoms with Crippen molar-refractivity contribution in [2.45, 2.75) is 18.9 Å². The van der Waals surface area contributed by atoms with Crippen LogP contribution in [0.4, 0.5) is 17.6 Å². The summed E-state index contributed by atoms with van der Waals surface area (Å²) >= 11 is 5.56. The number of anilines is 3. The number of halogens is 1. The van der Waals surface area contributed by atoms with Crippen LogP contribution in [0, 0.1) is 10.8 Å². The fourth-order valence-electron chi connectivity index (χ4n) is 1.48. The van der Waals surface area contributed by atoms with Gasteiger partial charge in [-0.25, -0.2) is 0 Å². The van der Waals surface area contributed by atoms with Crippen LogP contribution in [0.3, 0.4) is 0 Å². The van der Waals surface area contributed by atoms with Crippen molar-refractivity contribution < 1.29 is 0 Å². The van der Waals surface area contributed by atoms with Crippen molar-refractivity contribution in [3.05, 3.63) is 17.5 Å². The van der Waals surface area contributed by atoms with E-state index in [1.807, 2.05) is 0 Å². The van der Waals surface area contributed by atoms with Crippen LogP contribution in [0.15, 0.2) is 11.9 Å². The monoisotopic (exact) mass is 294 g/mol. The van der Waals surface area contributed by atoms with Crippen molar-refractivity contribution in [3.8, 4) is 0 Å². The summed E-state index contributed by atoms with van der Waals surface area (Å²) in [7, 11) is 0. The summed E-state index contributed by atoms with van der Waals surface area (Å²) in [5.41, 5.74) is 11.9. The van der Waals surface area contributed by atoms with Crippen molar-refractivity contribution in [2.24, 2.45) is 0 Å². The molecule has 106 valence electrons. The number of hydrogen-bond acceptors (Lipinski definition) is 8. The maximum absolute atomic E-state index is 7.33. The van der Waals surface area contributed by atoms with Crippen LogP contribution in [0.25, 0.3) is 0 Å². The number of nitrogens with two attached hydrogens (primary N) is 2. The summed E-state index contributed by atoms with van der Waals surface area (Å²) in [5, 5.41) is 20.3. The third-order valence-electron chi connectivity index (χ3n) is 2.65. The van der Waals surface area contributed by atoms with E-state index >= 15 is 0 Å². The Labute approximate surface area is 120 Å². The first kappa shape index (κ1) is 14.1. The van der Waals surface area contributed by atoms with Crippen LogP contribution in [-0.4, -0.2) is 27.4 Å². The van der Waals surface area contributed by atoms with Crippen molar-refractivity contribution in [2.75, 3.05) is 16.8 Å². The van der Waals surface area contributed by atoms with Crippen LogP contribution >= 0.6 is 11.6 Å². The van der Waals surface area contributed by atoms with Gasteiger partial charge in [-0.2, -0.15) is 9.97 Å². The molecule has 1 aromatic heterocycles. The highest BCUT2D eigenvalue weighted by atomic mass is 35.5. The van der Waals surface area contributed by atoms with Crippen molar-refractivity contribution in [3.63, 3.8) is 0 Å². The average Bonchev–Trinajstić information content (AvgIpc) is 3.17. The van der Waals surface area contributed by atoms with Crippen LogP contribution < -0.4 is 22.1 Å². The minimum atomic E-state index is -0.315. The van der Waals surface area contributed by atoms with Gasteiger partial charge in [0.2, 0.25) is 5.95 Å². The fraction of sp³-hybridized carbons (Fsp3) is 0.273. The molecule has 0 saturated heterocycles. The quantitative estimate of drug-likeness (QED) is 0.428. The Morgan fingerprint density at radius 2 is 1.90 bits per heavy atom. The summed E-state index contributed by atoms with van der Waals surface area (Å²) in [4.78, 5) is 7.93. The molecule has 0 atom stereocenters. The molecule has 1 fully saturated rings. The van der Waals surface area contributed by atoms with Gasteiger partial charge in [-0.1, -0.05) is 11.6 Å². The molecule has 9 heteroatoms. The van der Waals surface area contributed by atoms with E-state index in [1.54, 1.807) is 6.20 Å². The predicted octanol–water partition coefficient (Wildman–Crippen LogP) is 0.860. The fourth-order valence-corrected chi connectivity index (χ4v) is 1.67. The molecule has 1 saturated carbocycles. The van der Waals surface area contributed by atoms with Gasteiger partial charge in [0.1, 0.15) is 16.8 Å². The highest BCUT2D eigenvalue weighted by Gasteiger charge is 2.19. The van der Waals surface area contributed by atoms with E-state index in [0.717, 1.165) is 19.1 Å². The maximum Gasteiger partial charge on any atom is 0.231 e. The van der Waals surface area contributed by atoms with Gasteiger partial charge < -0.3 is 27.5 Å². The first-order valence-corrected chi connectivity index (χ1v) is 6.30. The Morgan fingerprint density at radius 3 is 2.35 bits per heavy atom. The molecule has 2 rings (SSSR count). The van der Waals surface area contributed by atoms with Crippen LogP contribution in [0.5, 0.6) is 0 Å². The predicted molar refractivity (Wildman–Crippen MR) is 80.2 cm³/mol. The summed E-state index contributed by atoms with van der Waals surface area (Å²) in [6.45, 7) is 0. The molecule has 1 aliphatic carbocycles. The number of allylic oxidation sites excluding steroid dienone is 1. The van der Waals surface area contributed by atoms with Crippen molar-refractivity contribution >= 4 is 40.6 Å². The normalized spacial score (nSPS) is 14.8. The maximum atomic E-state index is 7.33. The largest absolute Gasteiger partial charge is 0.386 e. The molecule has 0 unspecified atom stereocenters. The molecule has 0 aromatic carbocycles. The highest BCUT2D eigenvalue weighted by molar-refractivity contribution is 6.69. The zero-order valence-electron chi connectivity index (χ0n) is 10.6. The lowest BCUT2D eigenvalue weighted by molar-refractivity contribution is 0.858. The molecule has 0 radical (unpaired) electrons. The number of aromatic nitrogens is 2. The third-order valence-corrected chi connectivity index (χ3v) is 2.84. The first-order valence-electron chi connectivity index (χ1n) is 5.92. The Morgan fingerprint density at radius 1 is 1.30 bits per heavy atom. The minimum absolute atomic E-state index is 0.0134. The summed E-state index contributed by atoms with van der Waals surface area (Å²) < 4.78 is 0. The molecule has 0 bridgehead atoms. The minimum Gasteiger partial charge on any atom is -0.386 e. The molecule has 1 aliphatic rings. The number of nitrogens with one attached hydrogen (secondary N) is 4. The molecular weight excluding hydrogens is 280 g/mol. The van der Waals surface area contributed by atoms with E-state index < -0.39 is 0 Å². The Balaban J connectivity index is 2.17. The second-order valence-corrected chi connectivity index (χ2v) is 4.69. The Hall–Kier alpha value is -2.35. The van der Waals surface area contributed by atoms with Crippen molar-refractivity contribution in [1.29, 1.82) is 10.8 Å². The highest BCUT2D eigenvalue weighted by Crippen LogP contribution is 2.21. The van der Waals surface area contributed by atoms with Crippen LogP contribution in [0.2, 0.25) is 0 Å². The topological polar surface area (TPSA) is 150 Å². The smallest absolute Gasteiger partial charge is 0.231 e. The van der Waals surface area contributed by atoms with Gasteiger partial charge >= 0.3 is 0 Å². The van der Waals surface area contributed by atoms with E-state index in [2.05, 4.69) is 20.6 Å². The van der Waals surface area contributed by atoms with Gasteiger partial charge in [-0.15, -0.1) is 0 Å². The van der Waals surface area contributed by atoms with Gasteiger partial charge in [-0.3, -0.25) is 5.41 Å². The van der Waals surface area contributed by atoms with Gasteiger partial charge in [0.25, 0.3) is 0 Å². The molecule has 8 N–H and O–H groups in total. The standard InChI is InChI=1S/C11H15ClN8/c12-8(14)7-9(15)19-11(20-10(7)16)18-6(3-13)4-17-5-1-2-5/h3-5,13-14,17H,1-2H2,(H5,15,16,18,19,20)/b6-4+,13-3?,14-8?. The number of nitrogens with zero attached hydrogens (tertiary/aromatic N) is 2. The Kier molecular flexibility index (Phi) is 4.04. The molecule has 0 aliphatic heterocycles. The van der Waals surface area contributed by atoms with E-state index in [9.17, 15) is 0 Å². The van der Waals surface area contributed by atoms with Gasteiger partial charge in [0.05, 0.1) is 11.3 Å². The van der Waals surface area contributed by atoms with Crippen LogP contribution in [-0.2, 0) is 0 Å². The van der Waals surface area contributed by atoms with Gasteiger partial charge in [0, 0.05) is 18.5 Å². The summed E-state index contributed by atoms with van der Waals surface area (Å²) in [6.07, 6.45) is 5.07. The summed E-state index contributed by atoms with van der Waals surface area (Å²) in [5.74, 6) is 0.174. The zero-order valence-corrected chi connectivity index (χ0v) is 11.3. The first-order chi connectivity index (χ1) is 9.51. The molecule has 1 heterocycles. The molecule has 0 spiro atoms. The second kappa shape index (κ2) is 5.74. The zero-order chi connectivity index (χ0) is 14.7. The van der Waals surface area contributed by atoms with E-state index in [1.165, 1.54) is 0 Å². The van der Waals surface area contributed by atoms with Crippen molar-refractivity contribution in [1.82, 2.24) is 15.3 Å². The molecule has 8 nitrogen and oxygen atoms in total. The van der Waals surface area contributed by atoms with Gasteiger partial charge in [0.15, 0.2) is 0 Å². The number of rotatable bonds is 6. The number of nitrogen functional groups attached to an aromatic ring is 2. The average molecular weight is 295 g/mol. The lowest BCUT2D eigenvalue weighted by Gasteiger charge is -2.10. The van der Waals surface area contributed by atoms with Gasteiger partial charge in [-0.05, 0) is 12.8 Å². The molecular formula is C11H15ClN8. The lowest BCUT2D eigenvalue weighted by atomic mass is 10.3. The van der Waals surface area contributed by atoms with Crippen LogP contribution in [0.1, 0.15) is 18.4 Å². The summed E-state index contributed by atoms with van der Waals surface area (Å²) in [6, 6.07) is 0.474. The molecule has 20 heavy (non-hydrogen) atoms. The van der Waals surface area contributed by atoms with E-state index in [0.29, 0.717) is 11.7 Å². The molecule has 0 amide bonds.